The maximum absolute atomic E-state index is 11.6. The summed E-state index contributed by atoms with van der Waals surface area (Å²) < 4.78 is 5.67. The summed E-state index contributed by atoms with van der Waals surface area (Å²) in [7, 11) is 0. The Morgan fingerprint density at radius 3 is 2.67 bits per heavy atom. The van der Waals surface area contributed by atoms with Gasteiger partial charge in [0.1, 0.15) is 5.60 Å². The van der Waals surface area contributed by atoms with E-state index in [2.05, 4.69) is 20.4 Å². The van der Waals surface area contributed by atoms with Crippen LogP contribution in [-0.2, 0) is 9.53 Å². The Morgan fingerprint density at radius 1 is 1.53 bits per heavy atom. The first kappa shape index (κ1) is 12.3. The highest BCUT2D eigenvalue weighted by atomic mass is 16.6. The van der Waals surface area contributed by atoms with Crippen LogP contribution in [-0.4, -0.2) is 11.6 Å². The maximum Gasteiger partial charge on any atom is 0.333 e. The second-order valence-corrected chi connectivity index (χ2v) is 4.59. The Bertz CT molecular complexity index is 257. The molecule has 0 aromatic heterocycles. The fourth-order valence-corrected chi connectivity index (χ4v) is 2.63. The number of carbonyl (C=O) groups excluding carboxylic acids is 1. The second-order valence-electron chi connectivity index (χ2n) is 4.59. The molecule has 86 valence electrons. The van der Waals surface area contributed by atoms with Crippen molar-refractivity contribution in [3.8, 4) is 0 Å². The van der Waals surface area contributed by atoms with Crippen molar-refractivity contribution in [3.63, 3.8) is 0 Å². The van der Waals surface area contributed by atoms with Crippen molar-refractivity contribution in [1.82, 2.24) is 0 Å². The van der Waals surface area contributed by atoms with E-state index in [1.807, 2.05) is 0 Å². The molecule has 15 heavy (non-hydrogen) atoms. The van der Waals surface area contributed by atoms with Gasteiger partial charge in [-0.15, -0.1) is 0 Å². The molecule has 0 bridgehead atoms. The Labute approximate surface area is 92.7 Å². The molecule has 0 aromatic rings. The predicted molar refractivity (Wildman–Crippen MR) is 61.6 cm³/mol. The molecule has 0 spiro atoms. The van der Waals surface area contributed by atoms with E-state index in [9.17, 15) is 4.79 Å². The first-order chi connectivity index (χ1) is 7.05. The molecule has 1 aliphatic carbocycles. The Balaban J connectivity index is 2.76. The summed E-state index contributed by atoms with van der Waals surface area (Å²) in [5.41, 5.74) is 0.301. The number of rotatable bonds is 4. The first-order valence-corrected chi connectivity index (χ1v) is 5.94. The van der Waals surface area contributed by atoms with Gasteiger partial charge in [-0.1, -0.05) is 20.4 Å². The lowest BCUT2D eigenvalue weighted by Gasteiger charge is -2.34. The van der Waals surface area contributed by atoms with Crippen LogP contribution >= 0.6 is 0 Å². The zero-order chi connectivity index (χ0) is 11.5. The highest BCUT2D eigenvalue weighted by molar-refractivity contribution is 5.87. The predicted octanol–water partition coefficient (Wildman–Crippen LogP) is 3.46. The minimum atomic E-state index is -0.225. The van der Waals surface area contributed by atoms with Crippen LogP contribution in [0.5, 0.6) is 0 Å². The molecule has 0 radical (unpaired) electrons. The monoisotopic (exact) mass is 210 g/mol. The fourth-order valence-electron chi connectivity index (χ4n) is 2.63. The number of carbonyl (C=O) groups is 1. The van der Waals surface area contributed by atoms with Crippen molar-refractivity contribution < 1.29 is 9.53 Å². The van der Waals surface area contributed by atoms with Crippen molar-refractivity contribution >= 4 is 5.97 Å². The average Bonchev–Trinajstić information content (AvgIpc) is 2.61. The molecule has 1 rings (SSSR count). The van der Waals surface area contributed by atoms with Gasteiger partial charge in [-0.2, -0.15) is 0 Å². The van der Waals surface area contributed by atoms with Gasteiger partial charge in [-0.05, 0) is 44.9 Å². The summed E-state index contributed by atoms with van der Waals surface area (Å²) >= 11 is 0. The molecule has 1 saturated carbocycles. The molecule has 0 saturated heterocycles. The van der Waals surface area contributed by atoms with Gasteiger partial charge in [0.2, 0.25) is 0 Å². The van der Waals surface area contributed by atoms with E-state index in [0.29, 0.717) is 11.5 Å². The fraction of sp³-hybridized carbons (Fsp3) is 0.769. The van der Waals surface area contributed by atoms with E-state index in [0.717, 1.165) is 19.3 Å². The molecule has 1 aliphatic rings. The van der Waals surface area contributed by atoms with Gasteiger partial charge in [-0.25, -0.2) is 4.79 Å². The van der Waals surface area contributed by atoms with Crippen LogP contribution < -0.4 is 0 Å². The van der Waals surface area contributed by atoms with Gasteiger partial charge in [0.25, 0.3) is 0 Å². The normalized spacial score (nSPS) is 30.2. The van der Waals surface area contributed by atoms with E-state index < -0.39 is 0 Å². The number of hydrogen-bond acceptors (Lipinski definition) is 2. The van der Waals surface area contributed by atoms with Gasteiger partial charge in [-0.3, -0.25) is 0 Å². The Hall–Kier alpha value is -0.790. The molecule has 0 aromatic carbocycles. The molecule has 2 atom stereocenters. The Kier molecular flexibility index (Phi) is 3.95. The zero-order valence-electron chi connectivity index (χ0n) is 10.1. The SMILES string of the molecule is C=C(C)C(=O)OC1(CC)CCCC1CC. The van der Waals surface area contributed by atoms with Gasteiger partial charge < -0.3 is 4.74 Å². The van der Waals surface area contributed by atoms with Crippen molar-refractivity contribution in [3.05, 3.63) is 12.2 Å². The van der Waals surface area contributed by atoms with E-state index in [4.69, 9.17) is 4.74 Å². The molecule has 0 aliphatic heterocycles. The molecule has 2 heteroatoms. The lowest BCUT2D eigenvalue weighted by molar-refractivity contribution is -0.159. The summed E-state index contributed by atoms with van der Waals surface area (Å²) in [6.45, 7) is 9.64. The van der Waals surface area contributed by atoms with Crippen LogP contribution in [0.1, 0.15) is 52.9 Å². The van der Waals surface area contributed by atoms with Crippen LogP contribution in [0, 0.1) is 5.92 Å². The van der Waals surface area contributed by atoms with Crippen LogP contribution in [0.3, 0.4) is 0 Å². The summed E-state index contributed by atoms with van der Waals surface area (Å²) in [5.74, 6) is 0.308. The third-order valence-corrected chi connectivity index (χ3v) is 3.63. The van der Waals surface area contributed by atoms with Crippen LogP contribution in [0.2, 0.25) is 0 Å². The summed E-state index contributed by atoms with van der Waals surface area (Å²) in [6.07, 6.45) is 5.40. The van der Waals surface area contributed by atoms with E-state index in [-0.39, 0.29) is 11.6 Å². The summed E-state index contributed by atoms with van der Waals surface area (Å²) in [6, 6.07) is 0. The lowest BCUT2D eigenvalue weighted by Crippen LogP contribution is -2.38. The van der Waals surface area contributed by atoms with E-state index >= 15 is 0 Å². The minimum absolute atomic E-state index is 0.204. The molecule has 0 N–H and O–H groups in total. The third-order valence-electron chi connectivity index (χ3n) is 3.63. The molecular formula is C13H22O2. The lowest BCUT2D eigenvalue weighted by atomic mass is 9.86. The number of ether oxygens (including phenoxy) is 1. The van der Waals surface area contributed by atoms with Crippen molar-refractivity contribution in [2.24, 2.45) is 5.92 Å². The van der Waals surface area contributed by atoms with Gasteiger partial charge in [0.05, 0.1) is 0 Å². The molecule has 1 fully saturated rings. The van der Waals surface area contributed by atoms with Crippen molar-refractivity contribution in [1.29, 1.82) is 0 Å². The molecule has 2 unspecified atom stereocenters. The van der Waals surface area contributed by atoms with Crippen molar-refractivity contribution in [2.75, 3.05) is 0 Å². The van der Waals surface area contributed by atoms with E-state index in [1.165, 1.54) is 12.8 Å². The maximum atomic E-state index is 11.6. The molecular weight excluding hydrogens is 188 g/mol. The van der Waals surface area contributed by atoms with Crippen LogP contribution in [0.4, 0.5) is 0 Å². The zero-order valence-corrected chi connectivity index (χ0v) is 10.1. The van der Waals surface area contributed by atoms with Crippen LogP contribution in [0.25, 0.3) is 0 Å². The Morgan fingerprint density at radius 2 is 2.20 bits per heavy atom. The van der Waals surface area contributed by atoms with Crippen molar-refractivity contribution in [2.45, 2.75) is 58.5 Å². The van der Waals surface area contributed by atoms with E-state index in [1.54, 1.807) is 6.92 Å². The third kappa shape index (κ3) is 2.42. The molecule has 2 nitrogen and oxygen atoms in total. The topological polar surface area (TPSA) is 26.3 Å². The summed E-state index contributed by atoms with van der Waals surface area (Å²) in [4.78, 5) is 11.6. The highest BCUT2D eigenvalue weighted by Gasteiger charge is 2.43. The largest absolute Gasteiger partial charge is 0.455 e. The standard InChI is InChI=1S/C13H22O2/c1-5-11-8-7-9-13(11,6-2)15-12(14)10(3)4/h11H,3,5-9H2,1-2,4H3. The average molecular weight is 210 g/mol. The summed E-state index contributed by atoms with van der Waals surface area (Å²) in [5, 5.41) is 0. The van der Waals surface area contributed by atoms with Gasteiger partial charge >= 0.3 is 5.97 Å². The highest BCUT2D eigenvalue weighted by Crippen LogP contribution is 2.43. The molecule has 0 amide bonds. The second kappa shape index (κ2) is 4.82. The van der Waals surface area contributed by atoms with Crippen LogP contribution in [0.15, 0.2) is 12.2 Å². The smallest absolute Gasteiger partial charge is 0.333 e. The number of hydrogen-bond donors (Lipinski definition) is 0. The first-order valence-electron chi connectivity index (χ1n) is 5.94. The molecule has 0 heterocycles. The minimum Gasteiger partial charge on any atom is -0.455 e. The number of esters is 1. The van der Waals surface area contributed by atoms with Gasteiger partial charge in [0.15, 0.2) is 0 Å². The quantitative estimate of drug-likeness (QED) is 0.524. The van der Waals surface area contributed by atoms with Gasteiger partial charge in [0, 0.05) is 5.57 Å².